The lowest BCUT2D eigenvalue weighted by molar-refractivity contribution is 0.0281. The lowest BCUT2D eigenvalue weighted by Gasteiger charge is -2.39. The minimum absolute atomic E-state index is 0.0276. The van der Waals surface area contributed by atoms with E-state index in [1.54, 1.807) is 4.90 Å². The molecule has 1 aromatic carbocycles. The van der Waals surface area contributed by atoms with Crippen LogP contribution in [0, 0.1) is 0 Å². The van der Waals surface area contributed by atoms with Crippen molar-refractivity contribution in [3.05, 3.63) is 47.7 Å². The zero-order chi connectivity index (χ0) is 22.8. The molecule has 30 heavy (non-hydrogen) atoms. The van der Waals surface area contributed by atoms with Gasteiger partial charge in [0, 0.05) is 40.6 Å². The van der Waals surface area contributed by atoms with E-state index in [0.717, 1.165) is 12.0 Å². The topological polar surface area (TPSA) is 49.9 Å². The van der Waals surface area contributed by atoms with E-state index >= 15 is 0 Å². The SMILES string of the molecule is C=C1C(c2ccc(C(=O)N(C(C)C)C(C)C)cc2)C(Br)CCN1C(=O)OC(C)(C)C. The monoisotopic (exact) mass is 478 g/mol. The molecule has 0 aromatic heterocycles. The Morgan fingerprint density at radius 1 is 1.13 bits per heavy atom. The van der Waals surface area contributed by atoms with E-state index in [2.05, 4.69) is 22.5 Å². The third-order valence-corrected chi connectivity index (χ3v) is 6.16. The van der Waals surface area contributed by atoms with Gasteiger partial charge in [-0.1, -0.05) is 34.6 Å². The summed E-state index contributed by atoms with van der Waals surface area (Å²) in [5, 5.41) is 0. The number of alkyl halides is 1. The minimum Gasteiger partial charge on any atom is -0.443 e. The zero-order valence-electron chi connectivity index (χ0n) is 19.2. The van der Waals surface area contributed by atoms with Crippen LogP contribution in [0.5, 0.6) is 0 Å². The second kappa shape index (κ2) is 9.54. The van der Waals surface area contributed by atoms with Gasteiger partial charge >= 0.3 is 6.09 Å². The Morgan fingerprint density at radius 2 is 1.67 bits per heavy atom. The third-order valence-electron chi connectivity index (χ3n) is 5.17. The standard InChI is InChI=1S/C24H35BrN2O3/c1-15(2)27(16(3)4)22(28)19-11-9-18(10-12-19)21-17(5)26(14-13-20(21)25)23(29)30-24(6,7)8/h9-12,15-16,20-21H,5,13-14H2,1-4,6-8H3. The van der Waals surface area contributed by atoms with Crippen LogP contribution in [0.3, 0.4) is 0 Å². The number of likely N-dealkylation sites (tertiary alicyclic amines) is 1. The molecule has 0 radical (unpaired) electrons. The Hall–Kier alpha value is -1.82. The van der Waals surface area contributed by atoms with Crippen LogP contribution in [0.25, 0.3) is 0 Å². The molecule has 0 N–H and O–H groups in total. The van der Waals surface area contributed by atoms with Crippen LogP contribution in [0.2, 0.25) is 0 Å². The number of hydrogen-bond donors (Lipinski definition) is 0. The van der Waals surface area contributed by atoms with Crippen LogP contribution in [0.1, 0.15) is 76.7 Å². The molecular formula is C24H35BrN2O3. The second-order valence-corrected chi connectivity index (χ2v) is 10.6. The Kier molecular flexibility index (Phi) is 7.78. The molecule has 1 aromatic rings. The van der Waals surface area contributed by atoms with Crippen molar-refractivity contribution in [1.82, 2.24) is 9.80 Å². The largest absolute Gasteiger partial charge is 0.443 e. The molecule has 6 heteroatoms. The van der Waals surface area contributed by atoms with Crippen molar-refractivity contribution < 1.29 is 14.3 Å². The number of amides is 2. The van der Waals surface area contributed by atoms with Crippen LogP contribution >= 0.6 is 15.9 Å². The molecule has 1 aliphatic heterocycles. The van der Waals surface area contributed by atoms with E-state index < -0.39 is 5.60 Å². The summed E-state index contributed by atoms with van der Waals surface area (Å²) in [6, 6.07) is 7.93. The number of benzene rings is 1. The first kappa shape index (κ1) is 24.4. The first-order valence-corrected chi connectivity index (χ1v) is 11.5. The maximum absolute atomic E-state index is 12.9. The molecule has 2 atom stereocenters. The van der Waals surface area contributed by atoms with E-state index in [4.69, 9.17) is 4.74 Å². The number of piperidine rings is 1. The highest BCUT2D eigenvalue weighted by molar-refractivity contribution is 9.09. The summed E-state index contributed by atoms with van der Waals surface area (Å²) in [5.74, 6) is -0.0403. The number of rotatable bonds is 4. The first-order chi connectivity index (χ1) is 13.8. The van der Waals surface area contributed by atoms with Crippen molar-refractivity contribution in [3.8, 4) is 0 Å². The third kappa shape index (κ3) is 5.65. The predicted molar refractivity (Wildman–Crippen MR) is 125 cm³/mol. The summed E-state index contributed by atoms with van der Waals surface area (Å²) in [5.41, 5.74) is 1.84. The molecule has 5 nitrogen and oxygen atoms in total. The molecule has 1 heterocycles. The minimum atomic E-state index is -0.557. The van der Waals surface area contributed by atoms with Gasteiger partial charge in [-0.05, 0) is 72.6 Å². The van der Waals surface area contributed by atoms with Crippen LogP contribution in [0.4, 0.5) is 4.79 Å². The van der Waals surface area contributed by atoms with Gasteiger partial charge in [-0.15, -0.1) is 0 Å². The molecule has 0 bridgehead atoms. The molecule has 2 rings (SSSR count). The summed E-state index contributed by atoms with van der Waals surface area (Å²) in [6.45, 7) is 18.4. The van der Waals surface area contributed by atoms with Gasteiger partial charge in [0.15, 0.2) is 0 Å². The summed E-state index contributed by atoms with van der Waals surface area (Å²) in [7, 11) is 0. The van der Waals surface area contributed by atoms with Crippen molar-refractivity contribution >= 4 is 27.9 Å². The molecule has 0 saturated carbocycles. The molecule has 1 fully saturated rings. The number of halogens is 1. The van der Waals surface area contributed by atoms with E-state index in [1.807, 2.05) is 77.6 Å². The van der Waals surface area contributed by atoms with Gasteiger partial charge in [0.1, 0.15) is 5.60 Å². The highest BCUT2D eigenvalue weighted by Gasteiger charge is 2.36. The molecule has 2 amide bonds. The molecule has 0 aliphatic carbocycles. The molecule has 1 saturated heterocycles. The van der Waals surface area contributed by atoms with Crippen molar-refractivity contribution in [3.63, 3.8) is 0 Å². The molecule has 2 unspecified atom stereocenters. The average molecular weight is 479 g/mol. The number of carbonyl (C=O) groups excluding carboxylic acids is 2. The fourth-order valence-corrected chi connectivity index (χ4v) is 4.73. The molecule has 1 aliphatic rings. The van der Waals surface area contributed by atoms with Gasteiger partial charge in [0.25, 0.3) is 5.91 Å². The van der Waals surface area contributed by atoms with Crippen LogP contribution < -0.4 is 0 Å². The fraction of sp³-hybridized carbons (Fsp3) is 0.583. The van der Waals surface area contributed by atoms with Gasteiger partial charge < -0.3 is 9.64 Å². The van der Waals surface area contributed by atoms with Crippen molar-refractivity contribution in [2.24, 2.45) is 0 Å². The van der Waals surface area contributed by atoms with Crippen LogP contribution in [-0.2, 0) is 4.74 Å². The van der Waals surface area contributed by atoms with Crippen molar-refractivity contribution in [1.29, 1.82) is 0 Å². The van der Waals surface area contributed by atoms with E-state index in [1.165, 1.54) is 0 Å². The molecular weight excluding hydrogens is 444 g/mol. The molecule has 166 valence electrons. The summed E-state index contributed by atoms with van der Waals surface area (Å²) < 4.78 is 5.55. The smallest absolute Gasteiger partial charge is 0.414 e. The Morgan fingerprint density at radius 3 is 2.13 bits per heavy atom. The normalized spacial score (nSPS) is 19.9. The maximum atomic E-state index is 12.9. The summed E-state index contributed by atoms with van der Waals surface area (Å²) >= 11 is 3.76. The number of hydrogen-bond acceptors (Lipinski definition) is 3. The summed E-state index contributed by atoms with van der Waals surface area (Å²) in [6.07, 6.45) is 0.422. The Labute approximate surface area is 189 Å². The lowest BCUT2D eigenvalue weighted by Crippen LogP contribution is -2.43. The highest BCUT2D eigenvalue weighted by Crippen LogP contribution is 2.39. The number of allylic oxidation sites excluding steroid dienone is 1. The van der Waals surface area contributed by atoms with E-state index in [-0.39, 0.29) is 34.8 Å². The van der Waals surface area contributed by atoms with Gasteiger partial charge in [-0.2, -0.15) is 0 Å². The lowest BCUT2D eigenvalue weighted by atomic mass is 9.87. The van der Waals surface area contributed by atoms with Crippen molar-refractivity contribution in [2.75, 3.05) is 6.54 Å². The van der Waals surface area contributed by atoms with Gasteiger partial charge in [0.2, 0.25) is 0 Å². The van der Waals surface area contributed by atoms with Gasteiger partial charge in [0.05, 0.1) is 0 Å². The Balaban J connectivity index is 2.24. The fourth-order valence-electron chi connectivity index (χ4n) is 3.91. The van der Waals surface area contributed by atoms with Gasteiger partial charge in [-0.3, -0.25) is 9.69 Å². The zero-order valence-corrected chi connectivity index (χ0v) is 20.8. The number of ether oxygens (including phenoxy) is 1. The second-order valence-electron chi connectivity index (χ2n) is 9.43. The summed E-state index contributed by atoms with van der Waals surface area (Å²) in [4.78, 5) is 29.3. The number of nitrogens with zero attached hydrogens (tertiary/aromatic N) is 2. The van der Waals surface area contributed by atoms with Crippen molar-refractivity contribution in [2.45, 2.75) is 83.3 Å². The van der Waals surface area contributed by atoms with Gasteiger partial charge in [-0.25, -0.2) is 4.79 Å². The van der Waals surface area contributed by atoms with Crippen LogP contribution in [0.15, 0.2) is 36.5 Å². The van der Waals surface area contributed by atoms with Crippen LogP contribution in [-0.4, -0.2) is 50.9 Å². The Bertz CT molecular complexity index is 773. The first-order valence-electron chi connectivity index (χ1n) is 10.6. The maximum Gasteiger partial charge on any atom is 0.414 e. The van der Waals surface area contributed by atoms with E-state index in [0.29, 0.717) is 17.8 Å². The quantitative estimate of drug-likeness (QED) is 0.502. The predicted octanol–water partition coefficient (Wildman–Crippen LogP) is 5.95. The highest BCUT2D eigenvalue weighted by atomic mass is 79.9. The molecule has 0 spiro atoms. The van der Waals surface area contributed by atoms with E-state index in [9.17, 15) is 9.59 Å². The number of carbonyl (C=O) groups is 2. The average Bonchev–Trinajstić information content (AvgIpc) is 2.60.